The molecule has 21 heavy (non-hydrogen) atoms. The number of rotatable bonds is 5. The number of carbonyl (C=O) groups is 1. The summed E-state index contributed by atoms with van der Waals surface area (Å²) in [5.41, 5.74) is 1.13. The minimum Gasteiger partial charge on any atom is -0.496 e. The quantitative estimate of drug-likeness (QED) is 0.780. The molecule has 0 radical (unpaired) electrons. The third kappa shape index (κ3) is 3.31. The van der Waals surface area contributed by atoms with E-state index in [-0.39, 0.29) is 12.5 Å². The molecule has 0 aliphatic heterocycles. The van der Waals surface area contributed by atoms with E-state index in [9.17, 15) is 4.79 Å². The number of benzene rings is 1. The molecule has 0 bridgehead atoms. The highest BCUT2D eigenvalue weighted by Gasteiger charge is 2.15. The molecule has 1 heterocycles. The summed E-state index contributed by atoms with van der Waals surface area (Å²) in [5.74, 6) is 1.30. The van der Waals surface area contributed by atoms with E-state index in [1.807, 2.05) is 6.92 Å². The zero-order chi connectivity index (χ0) is 15.4. The second-order valence-corrected chi connectivity index (χ2v) is 4.32. The van der Waals surface area contributed by atoms with Gasteiger partial charge in [0.25, 0.3) is 5.89 Å². The predicted octanol–water partition coefficient (Wildman–Crippen LogP) is 2.06. The van der Waals surface area contributed by atoms with Crippen LogP contribution in [0.25, 0.3) is 0 Å². The molecule has 0 spiro atoms. The summed E-state index contributed by atoms with van der Waals surface area (Å²) in [4.78, 5) is 16.0. The normalized spacial score (nSPS) is 10.3. The van der Waals surface area contributed by atoms with E-state index < -0.39 is 5.97 Å². The molecule has 0 unspecified atom stereocenters. The second-order valence-electron chi connectivity index (χ2n) is 4.32. The highest BCUT2D eigenvalue weighted by atomic mass is 16.6. The summed E-state index contributed by atoms with van der Waals surface area (Å²) >= 11 is 0. The molecule has 1 aromatic carbocycles. The SMILES string of the molecule is COc1cc(C(=O)OCc2nc(C)no2)cc(OC)c1C. The van der Waals surface area contributed by atoms with Crippen LogP contribution in [0.5, 0.6) is 11.5 Å². The first-order valence-corrected chi connectivity index (χ1v) is 6.24. The van der Waals surface area contributed by atoms with Gasteiger partial charge in [-0.3, -0.25) is 0 Å². The topological polar surface area (TPSA) is 83.7 Å². The van der Waals surface area contributed by atoms with Crippen LogP contribution in [-0.4, -0.2) is 30.3 Å². The van der Waals surface area contributed by atoms with Crippen molar-refractivity contribution in [1.82, 2.24) is 10.1 Å². The van der Waals surface area contributed by atoms with Gasteiger partial charge in [0.1, 0.15) is 11.5 Å². The Morgan fingerprint density at radius 1 is 1.19 bits per heavy atom. The molecule has 112 valence electrons. The van der Waals surface area contributed by atoms with E-state index in [1.54, 1.807) is 19.1 Å². The van der Waals surface area contributed by atoms with Crippen molar-refractivity contribution in [3.63, 3.8) is 0 Å². The van der Waals surface area contributed by atoms with E-state index in [0.29, 0.717) is 22.9 Å². The zero-order valence-corrected chi connectivity index (χ0v) is 12.3. The first-order valence-electron chi connectivity index (χ1n) is 6.24. The van der Waals surface area contributed by atoms with E-state index in [4.69, 9.17) is 18.7 Å². The third-order valence-electron chi connectivity index (χ3n) is 2.88. The number of ether oxygens (including phenoxy) is 3. The molecule has 0 aliphatic rings. The Kier molecular flexibility index (Phi) is 4.42. The fraction of sp³-hybridized carbons (Fsp3) is 0.357. The molecule has 1 aromatic heterocycles. The molecular formula is C14H16N2O5. The van der Waals surface area contributed by atoms with Crippen LogP contribution in [0, 0.1) is 13.8 Å². The van der Waals surface area contributed by atoms with Crippen LogP contribution < -0.4 is 9.47 Å². The van der Waals surface area contributed by atoms with Crippen LogP contribution in [0.15, 0.2) is 16.7 Å². The van der Waals surface area contributed by atoms with Crippen molar-refractivity contribution in [2.75, 3.05) is 14.2 Å². The first kappa shape index (κ1) is 14.8. The predicted molar refractivity (Wildman–Crippen MR) is 72.4 cm³/mol. The van der Waals surface area contributed by atoms with Gasteiger partial charge in [0.2, 0.25) is 0 Å². The fourth-order valence-corrected chi connectivity index (χ4v) is 1.81. The molecule has 2 aromatic rings. The smallest absolute Gasteiger partial charge is 0.338 e. The lowest BCUT2D eigenvalue weighted by Crippen LogP contribution is -2.07. The lowest BCUT2D eigenvalue weighted by Gasteiger charge is -2.11. The number of methoxy groups -OCH3 is 2. The van der Waals surface area contributed by atoms with E-state index in [2.05, 4.69) is 10.1 Å². The number of nitrogens with zero attached hydrogens (tertiary/aromatic N) is 2. The Morgan fingerprint density at radius 3 is 2.29 bits per heavy atom. The van der Waals surface area contributed by atoms with Crippen molar-refractivity contribution in [2.24, 2.45) is 0 Å². The maximum absolute atomic E-state index is 12.0. The third-order valence-corrected chi connectivity index (χ3v) is 2.88. The molecule has 0 N–H and O–H groups in total. The van der Waals surface area contributed by atoms with Crippen molar-refractivity contribution < 1.29 is 23.5 Å². The zero-order valence-electron chi connectivity index (χ0n) is 12.3. The van der Waals surface area contributed by atoms with E-state index in [0.717, 1.165) is 5.56 Å². The number of hydrogen-bond donors (Lipinski definition) is 0. The van der Waals surface area contributed by atoms with Crippen LogP contribution in [0.3, 0.4) is 0 Å². The second kappa shape index (κ2) is 6.25. The summed E-state index contributed by atoms with van der Waals surface area (Å²) in [5, 5.41) is 3.62. The molecule has 2 rings (SSSR count). The van der Waals surface area contributed by atoms with Gasteiger partial charge in [0.05, 0.1) is 19.8 Å². The van der Waals surface area contributed by atoms with Gasteiger partial charge in [-0.15, -0.1) is 0 Å². The minimum atomic E-state index is -0.526. The summed E-state index contributed by atoms with van der Waals surface area (Å²) in [7, 11) is 3.05. The molecule has 0 atom stereocenters. The standard InChI is InChI=1S/C14H16N2O5/c1-8-11(18-3)5-10(6-12(8)19-4)14(17)20-7-13-15-9(2)16-21-13/h5-6H,7H2,1-4H3. The van der Waals surface area contributed by atoms with Gasteiger partial charge in [-0.1, -0.05) is 5.16 Å². The number of hydrogen-bond acceptors (Lipinski definition) is 7. The Morgan fingerprint density at radius 2 is 1.81 bits per heavy atom. The summed E-state index contributed by atoms with van der Waals surface area (Å²) in [6.45, 7) is 3.44. The number of carbonyl (C=O) groups excluding carboxylic acids is 1. The van der Waals surface area contributed by atoms with Gasteiger partial charge in [-0.25, -0.2) is 4.79 Å². The van der Waals surface area contributed by atoms with Crippen LogP contribution in [0.1, 0.15) is 27.6 Å². The van der Waals surface area contributed by atoms with Crippen LogP contribution in [0.4, 0.5) is 0 Å². The number of aryl methyl sites for hydroxylation is 1. The van der Waals surface area contributed by atoms with Crippen molar-refractivity contribution in [3.05, 3.63) is 35.0 Å². The highest BCUT2D eigenvalue weighted by molar-refractivity contribution is 5.90. The van der Waals surface area contributed by atoms with Crippen LogP contribution in [0.2, 0.25) is 0 Å². The van der Waals surface area contributed by atoms with Crippen molar-refractivity contribution >= 4 is 5.97 Å². The number of esters is 1. The largest absolute Gasteiger partial charge is 0.496 e. The Hall–Kier alpha value is -2.57. The molecule has 0 fully saturated rings. The molecule has 7 heteroatoms. The molecule has 0 amide bonds. The fourth-order valence-electron chi connectivity index (χ4n) is 1.81. The molecule has 0 saturated carbocycles. The minimum absolute atomic E-state index is 0.0851. The van der Waals surface area contributed by atoms with Gasteiger partial charge in [0, 0.05) is 5.56 Å². The Bertz CT molecular complexity index is 626. The molecular weight excluding hydrogens is 276 g/mol. The average molecular weight is 292 g/mol. The van der Waals surface area contributed by atoms with Crippen molar-refractivity contribution in [1.29, 1.82) is 0 Å². The molecule has 0 aliphatic carbocycles. The average Bonchev–Trinajstić information content (AvgIpc) is 2.90. The first-order chi connectivity index (χ1) is 10.0. The number of aromatic nitrogens is 2. The van der Waals surface area contributed by atoms with Gasteiger partial charge in [-0.05, 0) is 26.0 Å². The molecule has 0 saturated heterocycles. The van der Waals surface area contributed by atoms with E-state index >= 15 is 0 Å². The maximum Gasteiger partial charge on any atom is 0.338 e. The van der Waals surface area contributed by atoms with Crippen LogP contribution >= 0.6 is 0 Å². The molecule has 7 nitrogen and oxygen atoms in total. The van der Waals surface area contributed by atoms with Gasteiger partial charge >= 0.3 is 5.97 Å². The highest BCUT2D eigenvalue weighted by Crippen LogP contribution is 2.29. The van der Waals surface area contributed by atoms with Crippen molar-refractivity contribution in [2.45, 2.75) is 20.5 Å². The lowest BCUT2D eigenvalue weighted by atomic mass is 10.1. The van der Waals surface area contributed by atoms with Crippen LogP contribution in [-0.2, 0) is 11.3 Å². The Labute approximate surface area is 121 Å². The van der Waals surface area contributed by atoms with Gasteiger partial charge in [0.15, 0.2) is 12.4 Å². The summed E-state index contributed by atoms with van der Waals surface area (Å²) in [6, 6.07) is 3.19. The monoisotopic (exact) mass is 292 g/mol. The van der Waals surface area contributed by atoms with Crippen molar-refractivity contribution in [3.8, 4) is 11.5 Å². The Balaban J connectivity index is 2.15. The maximum atomic E-state index is 12.0. The summed E-state index contributed by atoms with van der Waals surface area (Å²) < 4.78 is 20.4. The summed E-state index contributed by atoms with van der Waals surface area (Å²) in [6.07, 6.45) is 0. The van der Waals surface area contributed by atoms with Gasteiger partial charge < -0.3 is 18.7 Å². The lowest BCUT2D eigenvalue weighted by molar-refractivity contribution is 0.0429. The van der Waals surface area contributed by atoms with Gasteiger partial charge in [-0.2, -0.15) is 4.98 Å². The van der Waals surface area contributed by atoms with E-state index in [1.165, 1.54) is 14.2 Å².